The summed E-state index contributed by atoms with van der Waals surface area (Å²) in [5.41, 5.74) is 1.16. The van der Waals surface area contributed by atoms with Crippen molar-refractivity contribution >= 4 is 28.3 Å². The molecule has 1 aromatic carbocycles. The smallest absolute Gasteiger partial charge is 0.175 e. The Hall–Kier alpha value is -1.24. The molecule has 1 aromatic heterocycles. The van der Waals surface area contributed by atoms with E-state index in [0.29, 0.717) is 6.61 Å². The van der Waals surface area contributed by atoms with Gasteiger partial charge in [-0.3, -0.25) is 0 Å². The zero-order chi connectivity index (χ0) is 15.8. The number of aryl methyl sites for hydroxylation is 1. The standard InChI is InChI=1S/C16H22BrN3O2.ClH/c1-3-22-16-14(17)9-13(10-15(16)21-2)11-18-5-4-7-20-8-6-19-12-20;/h6,8-10,12,18H,3-5,7,11H2,1-2H3;1H. The van der Waals surface area contributed by atoms with Crippen molar-refractivity contribution in [1.29, 1.82) is 0 Å². The fourth-order valence-electron chi connectivity index (χ4n) is 2.20. The lowest BCUT2D eigenvalue weighted by Crippen LogP contribution is -2.16. The van der Waals surface area contributed by atoms with Crippen LogP contribution in [0.3, 0.4) is 0 Å². The predicted octanol–water partition coefficient (Wildman–Crippen LogP) is 3.65. The molecule has 0 aliphatic carbocycles. The van der Waals surface area contributed by atoms with Crippen molar-refractivity contribution in [1.82, 2.24) is 14.9 Å². The van der Waals surface area contributed by atoms with Crippen LogP contribution in [0.15, 0.2) is 35.3 Å². The van der Waals surface area contributed by atoms with Gasteiger partial charge in [0, 0.05) is 25.5 Å². The van der Waals surface area contributed by atoms with Crippen molar-refractivity contribution < 1.29 is 9.47 Å². The number of benzene rings is 1. The lowest BCUT2D eigenvalue weighted by molar-refractivity contribution is 0.308. The summed E-state index contributed by atoms with van der Waals surface area (Å²) in [6.07, 6.45) is 6.69. The first-order valence-corrected chi connectivity index (χ1v) is 8.19. The zero-order valence-corrected chi connectivity index (χ0v) is 15.8. The van der Waals surface area contributed by atoms with Gasteiger partial charge in [-0.05, 0) is 53.5 Å². The van der Waals surface area contributed by atoms with Crippen molar-refractivity contribution in [2.24, 2.45) is 0 Å². The van der Waals surface area contributed by atoms with Crippen LogP contribution in [-0.4, -0.2) is 29.8 Å². The first-order chi connectivity index (χ1) is 10.7. The molecule has 0 bridgehead atoms. The second kappa shape index (κ2) is 10.5. The van der Waals surface area contributed by atoms with Crippen LogP contribution >= 0.6 is 28.3 Å². The number of methoxy groups -OCH3 is 1. The molecule has 0 aliphatic heterocycles. The van der Waals surface area contributed by atoms with E-state index in [9.17, 15) is 0 Å². The summed E-state index contributed by atoms with van der Waals surface area (Å²) in [6.45, 7) is 5.29. The minimum Gasteiger partial charge on any atom is -0.493 e. The fourth-order valence-corrected chi connectivity index (χ4v) is 2.80. The quantitative estimate of drug-likeness (QED) is 0.648. The van der Waals surface area contributed by atoms with Crippen LogP contribution in [0.4, 0.5) is 0 Å². The molecule has 0 amide bonds. The Labute approximate surface area is 151 Å². The highest BCUT2D eigenvalue weighted by Crippen LogP contribution is 2.36. The highest BCUT2D eigenvalue weighted by atomic mass is 79.9. The van der Waals surface area contributed by atoms with Gasteiger partial charge >= 0.3 is 0 Å². The maximum atomic E-state index is 5.60. The third-order valence-corrected chi connectivity index (χ3v) is 3.83. The molecule has 128 valence electrons. The number of nitrogens with one attached hydrogen (secondary N) is 1. The van der Waals surface area contributed by atoms with Gasteiger partial charge in [0.2, 0.25) is 0 Å². The molecule has 2 aromatic rings. The van der Waals surface area contributed by atoms with Gasteiger partial charge in [-0.15, -0.1) is 12.4 Å². The normalized spacial score (nSPS) is 10.2. The molecule has 7 heteroatoms. The molecule has 0 saturated heterocycles. The van der Waals surface area contributed by atoms with E-state index in [2.05, 4.69) is 36.9 Å². The third-order valence-electron chi connectivity index (χ3n) is 3.24. The molecule has 0 spiro atoms. The molecule has 0 fully saturated rings. The molecule has 0 radical (unpaired) electrons. The minimum absolute atomic E-state index is 0. The fraction of sp³-hybridized carbons (Fsp3) is 0.438. The second-order valence-corrected chi connectivity index (χ2v) is 5.73. The first kappa shape index (κ1) is 19.8. The Morgan fingerprint density at radius 2 is 2.17 bits per heavy atom. The van der Waals surface area contributed by atoms with Gasteiger partial charge in [0.05, 0.1) is 24.5 Å². The molecule has 2 rings (SSSR count). The molecule has 0 unspecified atom stereocenters. The lowest BCUT2D eigenvalue weighted by atomic mass is 10.2. The predicted molar refractivity (Wildman–Crippen MR) is 97.7 cm³/mol. The van der Waals surface area contributed by atoms with E-state index in [1.807, 2.05) is 25.5 Å². The van der Waals surface area contributed by atoms with Gasteiger partial charge in [-0.25, -0.2) is 4.98 Å². The van der Waals surface area contributed by atoms with E-state index in [1.165, 1.54) is 0 Å². The Morgan fingerprint density at radius 3 is 2.83 bits per heavy atom. The van der Waals surface area contributed by atoms with Gasteiger partial charge in [0.15, 0.2) is 11.5 Å². The van der Waals surface area contributed by atoms with Gasteiger partial charge in [0.1, 0.15) is 0 Å². The molecule has 1 N–H and O–H groups in total. The van der Waals surface area contributed by atoms with E-state index >= 15 is 0 Å². The van der Waals surface area contributed by atoms with Crippen LogP contribution in [-0.2, 0) is 13.1 Å². The van der Waals surface area contributed by atoms with Gasteiger partial charge in [0.25, 0.3) is 0 Å². The SMILES string of the molecule is CCOc1c(Br)cc(CNCCCn2ccnc2)cc1OC.Cl. The number of hydrogen-bond acceptors (Lipinski definition) is 4. The average Bonchev–Trinajstić information content (AvgIpc) is 3.02. The van der Waals surface area contributed by atoms with Crippen molar-refractivity contribution in [2.75, 3.05) is 20.3 Å². The van der Waals surface area contributed by atoms with E-state index in [-0.39, 0.29) is 12.4 Å². The van der Waals surface area contributed by atoms with Crippen LogP contribution < -0.4 is 14.8 Å². The van der Waals surface area contributed by atoms with Crippen molar-refractivity contribution in [2.45, 2.75) is 26.4 Å². The van der Waals surface area contributed by atoms with E-state index in [1.54, 1.807) is 13.3 Å². The van der Waals surface area contributed by atoms with Crippen LogP contribution in [0, 0.1) is 0 Å². The summed E-state index contributed by atoms with van der Waals surface area (Å²) in [4.78, 5) is 4.03. The van der Waals surface area contributed by atoms with Crippen molar-refractivity contribution in [3.05, 3.63) is 40.9 Å². The monoisotopic (exact) mass is 403 g/mol. The third kappa shape index (κ3) is 6.05. The second-order valence-electron chi connectivity index (χ2n) is 4.87. The molecular weight excluding hydrogens is 382 g/mol. The number of imidazole rings is 1. The molecule has 5 nitrogen and oxygen atoms in total. The molecular formula is C16H23BrClN3O2. The number of halogens is 2. The summed E-state index contributed by atoms with van der Waals surface area (Å²) in [5.74, 6) is 1.51. The number of rotatable bonds is 9. The highest BCUT2D eigenvalue weighted by molar-refractivity contribution is 9.10. The van der Waals surface area contributed by atoms with Crippen LogP contribution in [0.2, 0.25) is 0 Å². The van der Waals surface area contributed by atoms with E-state index in [0.717, 1.165) is 47.6 Å². The van der Waals surface area contributed by atoms with E-state index < -0.39 is 0 Å². The largest absolute Gasteiger partial charge is 0.493 e. The summed E-state index contributed by atoms with van der Waals surface area (Å²) in [6, 6.07) is 4.08. The van der Waals surface area contributed by atoms with Crippen molar-refractivity contribution in [3.63, 3.8) is 0 Å². The summed E-state index contributed by atoms with van der Waals surface area (Å²) >= 11 is 3.55. The van der Waals surface area contributed by atoms with Gasteiger partial charge in [-0.1, -0.05) is 0 Å². The van der Waals surface area contributed by atoms with Crippen molar-refractivity contribution in [3.8, 4) is 11.5 Å². The first-order valence-electron chi connectivity index (χ1n) is 7.40. The summed E-state index contributed by atoms with van der Waals surface area (Å²) in [7, 11) is 1.66. The molecule has 1 heterocycles. The summed E-state index contributed by atoms with van der Waals surface area (Å²) < 4.78 is 14.0. The van der Waals surface area contributed by atoms with Crippen LogP contribution in [0.1, 0.15) is 18.9 Å². The number of nitrogens with zero attached hydrogens (tertiary/aromatic N) is 2. The van der Waals surface area contributed by atoms with Crippen LogP contribution in [0.25, 0.3) is 0 Å². The Morgan fingerprint density at radius 1 is 1.35 bits per heavy atom. The van der Waals surface area contributed by atoms with E-state index in [4.69, 9.17) is 9.47 Å². The maximum Gasteiger partial charge on any atom is 0.175 e. The zero-order valence-electron chi connectivity index (χ0n) is 13.4. The summed E-state index contributed by atoms with van der Waals surface area (Å²) in [5, 5.41) is 3.44. The average molecular weight is 405 g/mol. The highest BCUT2D eigenvalue weighted by Gasteiger charge is 2.10. The van der Waals surface area contributed by atoms with Crippen LogP contribution in [0.5, 0.6) is 11.5 Å². The van der Waals surface area contributed by atoms with Gasteiger partial charge in [-0.2, -0.15) is 0 Å². The Bertz CT molecular complexity index is 579. The topological polar surface area (TPSA) is 48.3 Å². The minimum atomic E-state index is 0. The number of ether oxygens (including phenoxy) is 2. The molecule has 0 aliphatic rings. The maximum absolute atomic E-state index is 5.60. The lowest BCUT2D eigenvalue weighted by Gasteiger charge is -2.14. The Balaban J connectivity index is 0.00000264. The number of hydrogen-bond donors (Lipinski definition) is 1. The van der Waals surface area contributed by atoms with Gasteiger partial charge < -0.3 is 19.4 Å². The molecule has 0 atom stereocenters. The Kier molecular flexibility index (Phi) is 9.06. The number of aromatic nitrogens is 2. The molecule has 23 heavy (non-hydrogen) atoms. The molecule has 0 saturated carbocycles.